The molecule has 0 fully saturated rings. The fourth-order valence-electron chi connectivity index (χ4n) is 8.65. The van der Waals surface area contributed by atoms with Crippen LogP contribution >= 0.6 is 0 Å². The molecular weight excluding hydrogens is 877 g/mol. The van der Waals surface area contributed by atoms with E-state index in [1.165, 1.54) is 173 Å². The fraction of sp³-hybridized carbons (Fsp3) is 0.769. The van der Waals surface area contributed by atoms with Gasteiger partial charge >= 0.3 is 17.9 Å². The molecule has 0 heterocycles. The van der Waals surface area contributed by atoms with E-state index in [4.69, 9.17) is 14.2 Å². The molecule has 0 aromatic heterocycles. The van der Waals surface area contributed by atoms with E-state index in [-0.39, 0.29) is 37.5 Å². The predicted octanol–water partition coefficient (Wildman–Crippen LogP) is 20.5. The molecule has 0 aliphatic heterocycles. The smallest absolute Gasteiger partial charge is 0.306 e. The molecule has 71 heavy (non-hydrogen) atoms. The molecule has 0 aliphatic carbocycles. The summed E-state index contributed by atoms with van der Waals surface area (Å²) in [5.41, 5.74) is 0. The van der Waals surface area contributed by atoms with E-state index < -0.39 is 6.10 Å². The number of carbonyl (C=O) groups excluding carboxylic acids is 3. The maximum absolute atomic E-state index is 12.8. The Bertz CT molecular complexity index is 1320. The summed E-state index contributed by atoms with van der Waals surface area (Å²) in [6.07, 6.45) is 76.3. The molecule has 0 rings (SSSR count). The zero-order valence-electron chi connectivity index (χ0n) is 47.0. The molecule has 0 spiro atoms. The molecule has 0 aromatic carbocycles. The molecule has 6 heteroatoms. The average Bonchev–Trinajstić information content (AvgIpc) is 3.37. The van der Waals surface area contributed by atoms with Crippen molar-refractivity contribution in [2.24, 2.45) is 0 Å². The number of esters is 3. The zero-order chi connectivity index (χ0) is 51.4. The van der Waals surface area contributed by atoms with Gasteiger partial charge in [-0.05, 0) is 83.5 Å². The van der Waals surface area contributed by atoms with Crippen molar-refractivity contribution in [1.29, 1.82) is 0 Å². The normalized spacial score (nSPS) is 12.5. The second-order valence-electron chi connectivity index (χ2n) is 20.2. The van der Waals surface area contributed by atoms with Crippen molar-refractivity contribution in [3.63, 3.8) is 0 Å². The minimum atomic E-state index is -0.807. The maximum atomic E-state index is 12.8. The Labute approximate surface area is 440 Å². The van der Waals surface area contributed by atoms with Gasteiger partial charge < -0.3 is 14.2 Å². The summed E-state index contributed by atoms with van der Waals surface area (Å²) in [6.45, 7) is 6.48. The Morgan fingerprint density at radius 2 is 0.563 bits per heavy atom. The van der Waals surface area contributed by atoms with Crippen LogP contribution < -0.4 is 0 Å². The third-order valence-electron chi connectivity index (χ3n) is 13.2. The van der Waals surface area contributed by atoms with Gasteiger partial charge in [-0.2, -0.15) is 0 Å². The van der Waals surface area contributed by atoms with E-state index in [1.54, 1.807) is 0 Å². The van der Waals surface area contributed by atoms with E-state index in [1.807, 2.05) is 0 Å². The van der Waals surface area contributed by atoms with E-state index in [0.29, 0.717) is 19.3 Å². The van der Waals surface area contributed by atoms with Crippen molar-refractivity contribution in [1.82, 2.24) is 0 Å². The van der Waals surface area contributed by atoms with Gasteiger partial charge in [0.05, 0.1) is 0 Å². The van der Waals surface area contributed by atoms with Gasteiger partial charge in [0.15, 0.2) is 6.10 Å². The van der Waals surface area contributed by atoms with Crippen LogP contribution in [0.4, 0.5) is 0 Å². The molecule has 0 saturated heterocycles. The summed E-state index contributed by atoms with van der Waals surface area (Å²) in [4.78, 5) is 38.1. The maximum Gasteiger partial charge on any atom is 0.306 e. The molecule has 6 nitrogen and oxygen atoms in total. The van der Waals surface area contributed by atoms with Crippen LogP contribution in [0, 0.1) is 0 Å². The molecule has 1 unspecified atom stereocenters. The summed E-state index contributed by atoms with van der Waals surface area (Å²) >= 11 is 0. The molecule has 0 N–H and O–H groups in total. The number of unbranched alkanes of at least 4 members (excludes halogenated alkanes) is 32. The van der Waals surface area contributed by atoms with Crippen LogP contribution in [-0.2, 0) is 28.6 Å². The zero-order valence-corrected chi connectivity index (χ0v) is 47.0. The Morgan fingerprint density at radius 1 is 0.296 bits per heavy atom. The van der Waals surface area contributed by atoms with Gasteiger partial charge in [-0.1, -0.05) is 273 Å². The lowest BCUT2D eigenvalue weighted by Gasteiger charge is -2.18. The van der Waals surface area contributed by atoms with E-state index in [9.17, 15) is 14.4 Å². The van der Waals surface area contributed by atoms with Crippen molar-refractivity contribution in [3.8, 4) is 0 Å². The minimum Gasteiger partial charge on any atom is -0.462 e. The highest BCUT2D eigenvalue weighted by molar-refractivity contribution is 5.71. The van der Waals surface area contributed by atoms with Crippen molar-refractivity contribution >= 4 is 17.9 Å². The van der Waals surface area contributed by atoms with E-state index >= 15 is 0 Å². The standard InChI is InChI=1S/C65H114O6/c1-4-7-10-13-16-19-22-25-27-29-30-31-32-33-34-35-37-38-40-43-46-49-52-55-58-64(67)70-61-62(60-69-63(66)57-54-51-48-45-42-24-21-18-15-12-9-6-3)71-65(68)59-56-53-50-47-44-41-39-36-28-26-23-20-17-14-11-8-5-2/h8,11,17-18,20-21,26,28,39,41,47,50,62H,4-7,9-10,12-16,19,22-25,27,29-38,40,42-46,48-49,51-61H2,1-3H3/b11-8-,20-17-,21-18-,28-26-,41-39-,50-47-. The highest BCUT2D eigenvalue weighted by Crippen LogP contribution is 2.17. The first-order chi connectivity index (χ1) is 35.0. The van der Waals surface area contributed by atoms with Crippen LogP contribution in [-0.4, -0.2) is 37.2 Å². The summed E-state index contributed by atoms with van der Waals surface area (Å²) in [7, 11) is 0. The molecule has 0 saturated carbocycles. The Balaban J connectivity index is 4.32. The molecular formula is C65H114O6. The number of hydrogen-bond donors (Lipinski definition) is 0. The monoisotopic (exact) mass is 991 g/mol. The van der Waals surface area contributed by atoms with Crippen molar-refractivity contribution in [2.45, 2.75) is 309 Å². The highest BCUT2D eigenvalue weighted by Gasteiger charge is 2.19. The molecule has 0 aromatic rings. The van der Waals surface area contributed by atoms with Crippen molar-refractivity contribution < 1.29 is 28.6 Å². The fourth-order valence-corrected chi connectivity index (χ4v) is 8.65. The van der Waals surface area contributed by atoms with Gasteiger partial charge in [-0.3, -0.25) is 14.4 Å². The van der Waals surface area contributed by atoms with Crippen LogP contribution in [0.5, 0.6) is 0 Å². The predicted molar refractivity (Wildman–Crippen MR) is 307 cm³/mol. The van der Waals surface area contributed by atoms with Crippen molar-refractivity contribution in [2.75, 3.05) is 13.2 Å². The first kappa shape index (κ1) is 67.8. The van der Waals surface area contributed by atoms with Gasteiger partial charge in [-0.15, -0.1) is 0 Å². The molecule has 1 atom stereocenters. The van der Waals surface area contributed by atoms with Crippen LogP contribution in [0.2, 0.25) is 0 Å². The minimum absolute atomic E-state index is 0.0981. The summed E-state index contributed by atoms with van der Waals surface area (Å²) in [5.74, 6) is -0.956. The quantitative estimate of drug-likeness (QED) is 0.0261. The van der Waals surface area contributed by atoms with Gasteiger partial charge in [0.1, 0.15) is 13.2 Å². The van der Waals surface area contributed by atoms with Crippen LogP contribution in [0.15, 0.2) is 72.9 Å². The topological polar surface area (TPSA) is 78.9 Å². The third kappa shape index (κ3) is 57.6. The first-order valence-electron chi connectivity index (χ1n) is 30.4. The summed E-state index contributed by atoms with van der Waals surface area (Å²) in [6, 6.07) is 0. The van der Waals surface area contributed by atoms with Crippen LogP contribution in [0.25, 0.3) is 0 Å². The SMILES string of the molecule is CC/C=C\C/C=C\C/C=C\C/C=C\C/C=C\CCCC(=O)OC(COC(=O)CCCCCCC/C=C\CCCCC)COC(=O)CCCCCCCCCCCCCCCCCCCCCCCCCC. The van der Waals surface area contributed by atoms with Gasteiger partial charge in [0, 0.05) is 19.3 Å². The Kier molecular flexibility index (Phi) is 56.8. The van der Waals surface area contributed by atoms with Gasteiger partial charge in [0.25, 0.3) is 0 Å². The average molecular weight is 992 g/mol. The van der Waals surface area contributed by atoms with Gasteiger partial charge in [0.2, 0.25) is 0 Å². The second-order valence-corrected chi connectivity index (χ2v) is 20.2. The van der Waals surface area contributed by atoms with Crippen LogP contribution in [0.1, 0.15) is 303 Å². The van der Waals surface area contributed by atoms with Crippen LogP contribution in [0.3, 0.4) is 0 Å². The summed E-state index contributed by atoms with van der Waals surface area (Å²) in [5, 5.41) is 0. The molecule has 0 aliphatic rings. The number of hydrogen-bond acceptors (Lipinski definition) is 6. The second kappa shape index (κ2) is 59.4. The number of rotatable bonds is 55. The number of carbonyl (C=O) groups is 3. The lowest BCUT2D eigenvalue weighted by molar-refractivity contribution is -0.167. The molecule has 0 amide bonds. The number of allylic oxidation sites excluding steroid dienone is 12. The molecule has 0 bridgehead atoms. The largest absolute Gasteiger partial charge is 0.462 e. The summed E-state index contributed by atoms with van der Waals surface area (Å²) < 4.78 is 16.8. The Morgan fingerprint density at radius 3 is 0.944 bits per heavy atom. The molecule has 0 radical (unpaired) electrons. The lowest BCUT2D eigenvalue weighted by Crippen LogP contribution is -2.30. The third-order valence-corrected chi connectivity index (χ3v) is 13.2. The Hall–Kier alpha value is -3.15. The lowest BCUT2D eigenvalue weighted by atomic mass is 10.0. The van der Waals surface area contributed by atoms with Gasteiger partial charge in [-0.25, -0.2) is 0 Å². The van der Waals surface area contributed by atoms with Crippen molar-refractivity contribution in [3.05, 3.63) is 72.9 Å². The highest BCUT2D eigenvalue weighted by atomic mass is 16.6. The number of ether oxygens (including phenoxy) is 3. The van der Waals surface area contributed by atoms with E-state index in [2.05, 4.69) is 93.7 Å². The molecule has 410 valence electrons. The van der Waals surface area contributed by atoms with E-state index in [0.717, 1.165) is 83.5 Å². The first-order valence-corrected chi connectivity index (χ1v) is 30.4.